The number of hydrogen-bond acceptors (Lipinski definition) is 3. The minimum absolute atomic E-state index is 0.853. The van der Waals surface area contributed by atoms with Gasteiger partial charge in [-0.25, -0.2) is 0 Å². The highest BCUT2D eigenvalue weighted by molar-refractivity contribution is 7.11. The van der Waals surface area contributed by atoms with Crippen molar-refractivity contribution in [2.75, 3.05) is 6.67 Å². The largest absolute Gasteiger partial charge is 0.372 e. The van der Waals surface area contributed by atoms with Gasteiger partial charge >= 0.3 is 0 Å². The van der Waals surface area contributed by atoms with E-state index in [4.69, 9.17) is 0 Å². The predicted octanol–water partition coefficient (Wildman–Crippen LogP) is 1.51. The Morgan fingerprint density at radius 3 is 3.00 bits per heavy atom. The van der Waals surface area contributed by atoms with Gasteiger partial charge in [-0.2, -0.15) is 0 Å². The van der Waals surface area contributed by atoms with Gasteiger partial charge in [0.15, 0.2) is 0 Å². The fraction of sp³-hybridized carbons (Fsp3) is 0.250. The van der Waals surface area contributed by atoms with E-state index in [1.807, 2.05) is 6.20 Å². The molecule has 0 atom stereocenters. The summed E-state index contributed by atoms with van der Waals surface area (Å²) in [5.74, 6) is 0. The summed E-state index contributed by atoms with van der Waals surface area (Å²) in [6.45, 7) is 2.97. The van der Waals surface area contributed by atoms with Crippen LogP contribution in [0.3, 0.4) is 0 Å². The fourth-order valence-corrected chi connectivity index (χ4v) is 1.97. The molecular weight excluding hydrogens is 156 g/mol. The molecule has 2 N–H and O–H groups in total. The van der Waals surface area contributed by atoms with Crippen LogP contribution in [0.5, 0.6) is 0 Å². The van der Waals surface area contributed by atoms with Crippen molar-refractivity contribution in [3.8, 4) is 0 Å². The summed E-state index contributed by atoms with van der Waals surface area (Å²) in [7, 11) is 0. The highest BCUT2D eigenvalue weighted by Crippen LogP contribution is 2.21. The van der Waals surface area contributed by atoms with Crippen molar-refractivity contribution in [2.24, 2.45) is 0 Å². The molecule has 0 fully saturated rings. The van der Waals surface area contributed by atoms with Crippen LogP contribution in [0, 0.1) is 6.92 Å². The second kappa shape index (κ2) is 2.58. The molecule has 0 unspecified atom stereocenters. The molecule has 0 bridgehead atoms. The maximum absolute atomic E-state index is 3.25. The lowest BCUT2D eigenvalue weighted by atomic mass is 10.3. The minimum atomic E-state index is 0.853. The lowest BCUT2D eigenvalue weighted by Crippen LogP contribution is -2.13. The number of aryl methyl sites for hydroxylation is 1. The fourth-order valence-electron chi connectivity index (χ4n) is 1.08. The summed E-state index contributed by atoms with van der Waals surface area (Å²) in [5, 5.41) is 8.52. The second-order valence-corrected chi connectivity index (χ2v) is 3.52. The third-order valence-electron chi connectivity index (χ3n) is 1.62. The maximum Gasteiger partial charge on any atom is 0.0846 e. The summed E-state index contributed by atoms with van der Waals surface area (Å²) in [5.41, 5.74) is 2.54. The second-order valence-electron chi connectivity index (χ2n) is 2.60. The molecule has 0 radical (unpaired) electrons. The zero-order valence-electron chi connectivity index (χ0n) is 6.35. The summed E-state index contributed by atoms with van der Waals surface area (Å²) in [4.78, 5) is 1.31. The summed E-state index contributed by atoms with van der Waals surface area (Å²) in [6.07, 6.45) is 2.02. The molecule has 2 rings (SSSR count). The quantitative estimate of drug-likeness (QED) is 0.660. The lowest BCUT2D eigenvalue weighted by Gasteiger charge is -1.96. The molecule has 0 saturated heterocycles. The third kappa shape index (κ3) is 1.24. The monoisotopic (exact) mass is 166 g/mol. The van der Waals surface area contributed by atoms with E-state index in [2.05, 4.69) is 29.0 Å². The molecule has 2 heterocycles. The van der Waals surface area contributed by atoms with Crippen molar-refractivity contribution < 1.29 is 0 Å². The van der Waals surface area contributed by atoms with E-state index >= 15 is 0 Å². The van der Waals surface area contributed by atoms with Crippen molar-refractivity contribution in [1.29, 1.82) is 0 Å². The van der Waals surface area contributed by atoms with E-state index in [9.17, 15) is 0 Å². The third-order valence-corrected chi connectivity index (χ3v) is 2.70. The summed E-state index contributed by atoms with van der Waals surface area (Å²) < 4.78 is 0. The molecular formula is C8H10N2S. The Morgan fingerprint density at radius 1 is 1.55 bits per heavy atom. The number of thiophene rings is 1. The molecule has 11 heavy (non-hydrogen) atoms. The van der Waals surface area contributed by atoms with E-state index < -0.39 is 0 Å². The van der Waals surface area contributed by atoms with Gasteiger partial charge in [-0.1, -0.05) is 0 Å². The van der Waals surface area contributed by atoms with Crippen LogP contribution in [0.1, 0.15) is 10.4 Å². The SMILES string of the molecule is Cc1csc(C2=CNCN2)c1. The summed E-state index contributed by atoms with van der Waals surface area (Å²) >= 11 is 1.78. The Bertz CT molecular complexity index is 288. The number of rotatable bonds is 1. The van der Waals surface area contributed by atoms with Crippen molar-refractivity contribution in [2.45, 2.75) is 6.92 Å². The molecule has 0 aromatic carbocycles. The molecule has 0 amide bonds. The average Bonchev–Trinajstić information content (AvgIpc) is 2.55. The Balaban J connectivity index is 2.28. The highest BCUT2D eigenvalue weighted by atomic mass is 32.1. The van der Waals surface area contributed by atoms with Gasteiger partial charge in [0.25, 0.3) is 0 Å². The molecule has 1 aromatic rings. The van der Waals surface area contributed by atoms with Crippen LogP contribution >= 0.6 is 11.3 Å². The van der Waals surface area contributed by atoms with Crippen LogP contribution in [0.15, 0.2) is 17.6 Å². The number of nitrogens with one attached hydrogen (secondary N) is 2. The van der Waals surface area contributed by atoms with Crippen molar-refractivity contribution in [3.63, 3.8) is 0 Å². The van der Waals surface area contributed by atoms with Gasteiger partial charge in [-0.05, 0) is 23.9 Å². The molecule has 0 aliphatic carbocycles. The standard InChI is InChI=1S/C8H10N2S/c1-6-2-8(11-4-6)7-3-9-5-10-7/h2-4,9-10H,5H2,1H3. The molecule has 3 heteroatoms. The summed E-state index contributed by atoms with van der Waals surface area (Å²) in [6, 6.07) is 2.19. The van der Waals surface area contributed by atoms with Gasteiger partial charge in [0, 0.05) is 6.20 Å². The van der Waals surface area contributed by atoms with Crippen molar-refractivity contribution >= 4 is 17.0 Å². The molecule has 1 aliphatic rings. The minimum Gasteiger partial charge on any atom is -0.372 e. The van der Waals surface area contributed by atoms with Crippen LogP contribution in [0.25, 0.3) is 5.70 Å². The Kier molecular flexibility index (Phi) is 1.58. The van der Waals surface area contributed by atoms with Crippen LogP contribution < -0.4 is 10.6 Å². The zero-order chi connectivity index (χ0) is 7.68. The first-order chi connectivity index (χ1) is 5.36. The highest BCUT2D eigenvalue weighted by Gasteiger charge is 2.06. The first-order valence-corrected chi connectivity index (χ1v) is 4.47. The van der Waals surface area contributed by atoms with E-state index in [0.29, 0.717) is 0 Å². The van der Waals surface area contributed by atoms with Gasteiger partial charge in [0.05, 0.1) is 17.2 Å². The average molecular weight is 166 g/mol. The Hall–Kier alpha value is -0.960. The molecule has 1 aromatic heterocycles. The van der Waals surface area contributed by atoms with E-state index in [1.165, 1.54) is 16.1 Å². The van der Waals surface area contributed by atoms with Crippen LogP contribution in [0.2, 0.25) is 0 Å². The molecule has 0 saturated carbocycles. The first kappa shape index (κ1) is 6.73. The van der Waals surface area contributed by atoms with Gasteiger partial charge in [-0.15, -0.1) is 11.3 Å². The van der Waals surface area contributed by atoms with Crippen LogP contribution in [-0.2, 0) is 0 Å². The van der Waals surface area contributed by atoms with Gasteiger partial charge < -0.3 is 10.6 Å². The molecule has 58 valence electrons. The zero-order valence-corrected chi connectivity index (χ0v) is 7.16. The van der Waals surface area contributed by atoms with E-state index in [1.54, 1.807) is 11.3 Å². The van der Waals surface area contributed by atoms with Gasteiger partial charge in [-0.3, -0.25) is 0 Å². The number of hydrogen-bond donors (Lipinski definition) is 2. The van der Waals surface area contributed by atoms with Crippen molar-refractivity contribution in [3.05, 3.63) is 28.1 Å². The van der Waals surface area contributed by atoms with Crippen LogP contribution in [0.4, 0.5) is 0 Å². The topological polar surface area (TPSA) is 24.1 Å². The first-order valence-electron chi connectivity index (χ1n) is 3.59. The maximum atomic E-state index is 3.25. The van der Waals surface area contributed by atoms with E-state index in [0.717, 1.165) is 6.67 Å². The molecule has 1 aliphatic heterocycles. The predicted molar refractivity (Wildman–Crippen MR) is 48.2 cm³/mol. The van der Waals surface area contributed by atoms with Gasteiger partial charge in [0.1, 0.15) is 0 Å². The normalized spacial score (nSPS) is 15.5. The van der Waals surface area contributed by atoms with E-state index in [-0.39, 0.29) is 0 Å². The Labute approximate surface area is 69.9 Å². The Morgan fingerprint density at radius 2 is 2.45 bits per heavy atom. The van der Waals surface area contributed by atoms with Gasteiger partial charge in [0.2, 0.25) is 0 Å². The van der Waals surface area contributed by atoms with Crippen LogP contribution in [-0.4, -0.2) is 6.67 Å². The van der Waals surface area contributed by atoms with Crippen molar-refractivity contribution in [1.82, 2.24) is 10.6 Å². The smallest absolute Gasteiger partial charge is 0.0846 e. The molecule has 2 nitrogen and oxygen atoms in total. The molecule has 0 spiro atoms. The lowest BCUT2D eigenvalue weighted by molar-refractivity contribution is 0.843.